The summed E-state index contributed by atoms with van der Waals surface area (Å²) >= 11 is 3.48. The molecule has 1 amide bonds. The van der Waals surface area contributed by atoms with Crippen LogP contribution in [-0.4, -0.2) is 40.2 Å². The van der Waals surface area contributed by atoms with Gasteiger partial charge in [0.25, 0.3) is 0 Å². The number of fused-ring (bicyclic) bond motifs is 2. The third-order valence-electron chi connectivity index (χ3n) is 4.98. The first-order chi connectivity index (χ1) is 14.7. The largest absolute Gasteiger partial charge is 0.495 e. The molecule has 0 radical (unpaired) electrons. The lowest BCUT2D eigenvalue weighted by Gasteiger charge is -2.31. The summed E-state index contributed by atoms with van der Waals surface area (Å²) in [6, 6.07) is 9.89. The van der Waals surface area contributed by atoms with Crippen molar-refractivity contribution < 1.29 is 14.3 Å². The maximum absolute atomic E-state index is 12.5. The molecule has 0 unspecified atom stereocenters. The van der Waals surface area contributed by atoms with Gasteiger partial charge in [0.1, 0.15) is 11.4 Å². The summed E-state index contributed by atoms with van der Waals surface area (Å²) in [5.74, 6) is 1.19. The van der Waals surface area contributed by atoms with Crippen LogP contribution in [0, 0.1) is 0 Å². The summed E-state index contributed by atoms with van der Waals surface area (Å²) < 4.78 is 12.1. The third kappa shape index (κ3) is 4.90. The van der Waals surface area contributed by atoms with E-state index in [9.17, 15) is 4.79 Å². The molecule has 0 saturated heterocycles. The molecule has 2 aromatic carbocycles. The van der Waals surface area contributed by atoms with Crippen molar-refractivity contribution in [2.45, 2.75) is 39.3 Å². The second kappa shape index (κ2) is 8.34. The number of hydrogen-bond acceptors (Lipinski definition) is 6. The predicted molar refractivity (Wildman–Crippen MR) is 124 cm³/mol. The molecule has 1 aromatic heterocycles. The van der Waals surface area contributed by atoms with Crippen molar-refractivity contribution >= 4 is 44.6 Å². The van der Waals surface area contributed by atoms with Crippen molar-refractivity contribution in [3.8, 4) is 5.75 Å². The lowest BCUT2D eigenvalue weighted by molar-refractivity contribution is 0.0224. The quantitative estimate of drug-likeness (QED) is 0.533. The van der Waals surface area contributed by atoms with Gasteiger partial charge in [-0.05, 0) is 62.6 Å². The van der Waals surface area contributed by atoms with Gasteiger partial charge in [0.05, 0.1) is 18.3 Å². The second-order valence-corrected chi connectivity index (χ2v) is 9.41. The molecule has 1 N–H and O–H groups in total. The van der Waals surface area contributed by atoms with Crippen LogP contribution < -0.4 is 10.1 Å². The molecule has 1 aliphatic heterocycles. The van der Waals surface area contributed by atoms with Gasteiger partial charge in [0, 0.05) is 29.1 Å². The number of amides is 1. The Hall–Kier alpha value is -2.87. The number of nitrogens with one attached hydrogen (secondary N) is 1. The normalized spacial score (nSPS) is 13.6. The Bertz CT molecular complexity index is 1140. The van der Waals surface area contributed by atoms with Crippen LogP contribution in [0.15, 0.2) is 41.0 Å². The molecule has 1 aliphatic rings. The van der Waals surface area contributed by atoms with Crippen molar-refractivity contribution in [1.29, 1.82) is 0 Å². The number of rotatable bonds is 3. The first kappa shape index (κ1) is 21.4. The minimum atomic E-state index is -0.521. The SMILES string of the molecule is COc1cc2c(cc1Nc1ncc3ccc(Br)cc3n1)CN(C(=O)OC(C)(C)C)CC2. The number of benzene rings is 2. The van der Waals surface area contributed by atoms with Crippen LogP contribution in [0.25, 0.3) is 10.9 Å². The first-order valence-corrected chi connectivity index (χ1v) is 10.9. The van der Waals surface area contributed by atoms with E-state index in [4.69, 9.17) is 9.47 Å². The van der Waals surface area contributed by atoms with Crippen molar-refractivity contribution in [2.75, 3.05) is 19.0 Å². The van der Waals surface area contributed by atoms with E-state index in [1.165, 1.54) is 0 Å². The predicted octanol–water partition coefficient (Wildman–Crippen LogP) is 5.44. The summed E-state index contributed by atoms with van der Waals surface area (Å²) in [6.45, 7) is 6.71. The van der Waals surface area contributed by atoms with Gasteiger partial charge in [-0.1, -0.05) is 22.0 Å². The molecule has 0 aliphatic carbocycles. The van der Waals surface area contributed by atoms with Gasteiger partial charge in [0.15, 0.2) is 0 Å². The van der Waals surface area contributed by atoms with Crippen LogP contribution in [0.2, 0.25) is 0 Å². The number of carbonyl (C=O) groups excluding carboxylic acids is 1. The van der Waals surface area contributed by atoms with Gasteiger partial charge in [-0.25, -0.2) is 14.8 Å². The number of carbonyl (C=O) groups is 1. The van der Waals surface area contributed by atoms with Gasteiger partial charge in [-0.2, -0.15) is 0 Å². The van der Waals surface area contributed by atoms with Crippen LogP contribution in [0.3, 0.4) is 0 Å². The minimum Gasteiger partial charge on any atom is -0.495 e. The smallest absolute Gasteiger partial charge is 0.410 e. The molecule has 7 nitrogen and oxygen atoms in total. The molecule has 8 heteroatoms. The van der Waals surface area contributed by atoms with Crippen LogP contribution >= 0.6 is 15.9 Å². The minimum absolute atomic E-state index is 0.299. The van der Waals surface area contributed by atoms with Crippen LogP contribution in [0.1, 0.15) is 31.9 Å². The highest BCUT2D eigenvalue weighted by Crippen LogP contribution is 2.33. The molecule has 4 rings (SSSR count). The van der Waals surface area contributed by atoms with Gasteiger partial charge >= 0.3 is 6.09 Å². The summed E-state index contributed by atoms with van der Waals surface area (Å²) in [4.78, 5) is 23.3. The lowest BCUT2D eigenvalue weighted by atomic mass is 9.98. The highest BCUT2D eigenvalue weighted by atomic mass is 79.9. The van der Waals surface area contributed by atoms with E-state index < -0.39 is 5.60 Å². The zero-order valence-corrected chi connectivity index (χ0v) is 19.6. The van der Waals surface area contributed by atoms with Gasteiger partial charge < -0.3 is 19.7 Å². The fourth-order valence-corrected chi connectivity index (χ4v) is 3.86. The monoisotopic (exact) mass is 484 g/mol. The topological polar surface area (TPSA) is 76.6 Å². The average Bonchev–Trinajstić information content (AvgIpc) is 2.71. The number of ether oxygens (including phenoxy) is 2. The van der Waals surface area contributed by atoms with E-state index in [-0.39, 0.29) is 6.09 Å². The molecule has 0 fully saturated rings. The molecule has 2 heterocycles. The Morgan fingerprint density at radius 1 is 1.19 bits per heavy atom. The van der Waals surface area contributed by atoms with Crippen LogP contribution in [0.5, 0.6) is 5.75 Å². The Morgan fingerprint density at radius 2 is 2.00 bits per heavy atom. The van der Waals surface area contributed by atoms with E-state index in [1.54, 1.807) is 18.2 Å². The van der Waals surface area contributed by atoms with E-state index in [1.807, 2.05) is 51.1 Å². The average molecular weight is 485 g/mol. The van der Waals surface area contributed by atoms with Gasteiger partial charge in [-0.15, -0.1) is 0 Å². The van der Waals surface area contributed by atoms with Crippen LogP contribution in [-0.2, 0) is 17.7 Å². The number of halogens is 1. The molecule has 0 atom stereocenters. The van der Waals surface area contributed by atoms with Crippen molar-refractivity contribution in [1.82, 2.24) is 14.9 Å². The molecule has 0 saturated carbocycles. The summed E-state index contributed by atoms with van der Waals surface area (Å²) in [7, 11) is 1.64. The van der Waals surface area contributed by atoms with E-state index >= 15 is 0 Å². The highest BCUT2D eigenvalue weighted by Gasteiger charge is 2.26. The van der Waals surface area contributed by atoms with E-state index in [0.717, 1.165) is 38.6 Å². The molecule has 0 spiro atoms. The molecule has 31 heavy (non-hydrogen) atoms. The Kier molecular flexibility index (Phi) is 5.75. The van der Waals surface area contributed by atoms with Crippen LogP contribution in [0.4, 0.5) is 16.4 Å². The first-order valence-electron chi connectivity index (χ1n) is 10.1. The molecule has 3 aromatic rings. The zero-order valence-electron chi connectivity index (χ0n) is 18.0. The summed E-state index contributed by atoms with van der Waals surface area (Å²) in [6.07, 6.45) is 2.23. The maximum Gasteiger partial charge on any atom is 0.410 e. The summed E-state index contributed by atoms with van der Waals surface area (Å²) in [5.41, 5.74) is 3.27. The second-order valence-electron chi connectivity index (χ2n) is 8.49. The molecular formula is C23H25BrN4O3. The fourth-order valence-electron chi connectivity index (χ4n) is 3.51. The fraction of sp³-hybridized carbons (Fsp3) is 0.348. The Labute approximate surface area is 189 Å². The van der Waals surface area contributed by atoms with E-state index in [2.05, 4.69) is 31.2 Å². The van der Waals surface area contributed by atoms with Crippen molar-refractivity contribution in [3.05, 3.63) is 52.1 Å². The highest BCUT2D eigenvalue weighted by molar-refractivity contribution is 9.10. The number of aromatic nitrogens is 2. The zero-order chi connectivity index (χ0) is 22.2. The lowest BCUT2D eigenvalue weighted by Crippen LogP contribution is -2.39. The molecular weight excluding hydrogens is 460 g/mol. The third-order valence-corrected chi connectivity index (χ3v) is 5.47. The maximum atomic E-state index is 12.5. The summed E-state index contributed by atoms with van der Waals surface area (Å²) in [5, 5.41) is 4.23. The molecule has 162 valence electrons. The molecule has 0 bridgehead atoms. The standard InChI is InChI=1S/C23H25BrN4O3/c1-23(2,3)31-22(29)28-8-7-14-10-20(30-4)19(9-16(14)13-28)27-21-25-12-15-5-6-17(24)11-18(15)26-21/h5-6,9-12H,7-8,13H2,1-4H3,(H,25,26,27). The number of methoxy groups -OCH3 is 1. The number of nitrogens with zero attached hydrogens (tertiary/aromatic N) is 3. The number of hydrogen-bond donors (Lipinski definition) is 1. The van der Waals surface area contributed by atoms with E-state index in [0.29, 0.717) is 24.8 Å². The number of anilines is 2. The van der Waals surface area contributed by atoms with Crippen molar-refractivity contribution in [3.63, 3.8) is 0 Å². The van der Waals surface area contributed by atoms with Gasteiger partial charge in [-0.3, -0.25) is 0 Å². The Morgan fingerprint density at radius 3 is 2.74 bits per heavy atom. The Balaban J connectivity index is 1.61. The van der Waals surface area contributed by atoms with Crippen molar-refractivity contribution in [2.24, 2.45) is 0 Å². The van der Waals surface area contributed by atoms with Gasteiger partial charge in [0.2, 0.25) is 5.95 Å².